The second kappa shape index (κ2) is 7.64. The molecule has 6 aromatic rings. The van der Waals surface area contributed by atoms with Gasteiger partial charge in [-0.15, -0.1) is 22.7 Å². The molecule has 2 nitrogen and oxygen atoms in total. The maximum Gasteiger partial charge on any atom is 0.0542 e. The lowest BCUT2D eigenvalue weighted by Gasteiger charge is -2.14. The predicted molar refractivity (Wildman–Crippen MR) is 145 cm³/mol. The molecular formula is C28H30N2S2. The molecule has 4 heterocycles. The fraction of sp³-hybridized carbons (Fsp3) is 0.357. The third-order valence-corrected chi connectivity index (χ3v) is 9.63. The van der Waals surface area contributed by atoms with E-state index in [-0.39, 0.29) is 0 Å². The third kappa shape index (κ3) is 2.96. The van der Waals surface area contributed by atoms with Gasteiger partial charge in [0.2, 0.25) is 0 Å². The van der Waals surface area contributed by atoms with E-state index in [0.717, 1.165) is 0 Å². The van der Waals surface area contributed by atoms with Gasteiger partial charge in [-0.05, 0) is 63.1 Å². The summed E-state index contributed by atoms with van der Waals surface area (Å²) in [5.41, 5.74) is 2.75. The van der Waals surface area contributed by atoms with Crippen LogP contribution in [0.3, 0.4) is 0 Å². The number of hydrogen-bond acceptors (Lipinski definition) is 2. The van der Waals surface area contributed by atoms with Gasteiger partial charge >= 0.3 is 0 Å². The number of rotatable bonds is 6. The quantitative estimate of drug-likeness (QED) is 0.235. The maximum absolute atomic E-state index is 2.47. The molecule has 4 aromatic heterocycles. The molecule has 0 aliphatic heterocycles. The molecule has 32 heavy (non-hydrogen) atoms. The van der Waals surface area contributed by atoms with Crippen molar-refractivity contribution < 1.29 is 0 Å². The summed E-state index contributed by atoms with van der Waals surface area (Å²) in [4.78, 5) is 0. The van der Waals surface area contributed by atoms with Crippen LogP contribution < -0.4 is 0 Å². The Labute approximate surface area is 197 Å². The van der Waals surface area contributed by atoms with E-state index in [1.54, 1.807) is 0 Å². The van der Waals surface area contributed by atoms with Gasteiger partial charge in [-0.1, -0.05) is 26.7 Å². The minimum atomic E-state index is 0.546. The van der Waals surface area contributed by atoms with Crippen molar-refractivity contribution in [2.45, 2.75) is 65.5 Å². The molecule has 0 N–H and O–H groups in total. The summed E-state index contributed by atoms with van der Waals surface area (Å²) in [5.74, 6) is 0. The highest BCUT2D eigenvalue weighted by Gasteiger charge is 2.17. The molecule has 0 bridgehead atoms. The fourth-order valence-corrected chi connectivity index (χ4v) is 8.11. The lowest BCUT2D eigenvalue weighted by molar-refractivity contribution is 0.515. The van der Waals surface area contributed by atoms with Gasteiger partial charge in [0.05, 0.1) is 9.40 Å². The van der Waals surface area contributed by atoms with Gasteiger partial charge in [-0.3, -0.25) is 0 Å². The van der Waals surface area contributed by atoms with E-state index in [1.165, 1.54) is 77.1 Å². The van der Waals surface area contributed by atoms with Crippen LogP contribution in [0.1, 0.15) is 65.5 Å². The van der Waals surface area contributed by atoms with E-state index in [4.69, 9.17) is 0 Å². The van der Waals surface area contributed by atoms with Gasteiger partial charge in [-0.25, -0.2) is 0 Å². The summed E-state index contributed by atoms with van der Waals surface area (Å²) in [5, 5.41) is 5.57. The number of benzene rings is 2. The molecule has 2 atom stereocenters. The molecule has 0 spiro atoms. The monoisotopic (exact) mass is 458 g/mol. The molecule has 0 saturated heterocycles. The molecule has 6 rings (SSSR count). The van der Waals surface area contributed by atoms with E-state index in [9.17, 15) is 0 Å². The molecule has 4 heteroatoms. The second-order valence-electron chi connectivity index (χ2n) is 9.40. The first-order chi connectivity index (χ1) is 15.6. The van der Waals surface area contributed by atoms with E-state index in [1.807, 2.05) is 22.7 Å². The van der Waals surface area contributed by atoms with Gasteiger partial charge in [0, 0.05) is 66.5 Å². The topological polar surface area (TPSA) is 9.86 Å². The lowest BCUT2D eigenvalue weighted by Crippen LogP contribution is -2.02. The Morgan fingerprint density at radius 3 is 1.53 bits per heavy atom. The van der Waals surface area contributed by atoms with E-state index >= 15 is 0 Å². The Bertz CT molecular complexity index is 1470. The molecule has 2 aromatic carbocycles. The van der Waals surface area contributed by atoms with Crippen LogP contribution in [0.5, 0.6) is 0 Å². The normalized spacial score (nSPS) is 14.5. The molecule has 0 amide bonds. The highest BCUT2D eigenvalue weighted by molar-refractivity contribution is 7.36. The molecule has 0 saturated carbocycles. The Morgan fingerprint density at radius 2 is 1.12 bits per heavy atom. The Morgan fingerprint density at radius 1 is 0.688 bits per heavy atom. The van der Waals surface area contributed by atoms with Crippen LogP contribution in [0.4, 0.5) is 0 Å². The van der Waals surface area contributed by atoms with Crippen LogP contribution in [0, 0.1) is 0 Å². The van der Waals surface area contributed by atoms with Gasteiger partial charge in [0.25, 0.3) is 0 Å². The van der Waals surface area contributed by atoms with Crippen molar-refractivity contribution in [2.24, 2.45) is 0 Å². The van der Waals surface area contributed by atoms with Crippen LogP contribution in [-0.4, -0.2) is 9.13 Å². The molecular weight excluding hydrogens is 428 g/mol. The van der Waals surface area contributed by atoms with Crippen LogP contribution in [0.2, 0.25) is 0 Å². The van der Waals surface area contributed by atoms with Crippen LogP contribution in [-0.2, 0) is 0 Å². The zero-order chi connectivity index (χ0) is 22.0. The van der Waals surface area contributed by atoms with Crippen molar-refractivity contribution in [3.05, 3.63) is 48.8 Å². The van der Waals surface area contributed by atoms with Gasteiger partial charge < -0.3 is 9.13 Å². The molecule has 0 aliphatic rings. The van der Waals surface area contributed by atoms with E-state index in [0.29, 0.717) is 12.1 Å². The predicted octanol–water partition coefficient (Wildman–Crippen LogP) is 9.90. The number of thiophene rings is 2. The third-order valence-electron chi connectivity index (χ3n) is 7.13. The average Bonchev–Trinajstić information content (AvgIpc) is 3.52. The van der Waals surface area contributed by atoms with E-state index in [2.05, 4.69) is 85.6 Å². The van der Waals surface area contributed by atoms with Crippen LogP contribution in [0.25, 0.3) is 51.4 Å². The summed E-state index contributed by atoms with van der Waals surface area (Å²) >= 11 is 3.94. The summed E-state index contributed by atoms with van der Waals surface area (Å²) in [6.45, 7) is 9.22. The van der Waals surface area contributed by atoms with Crippen molar-refractivity contribution in [3.8, 4) is 0 Å². The zero-order valence-corrected chi connectivity index (χ0v) is 20.9. The van der Waals surface area contributed by atoms with Crippen molar-refractivity contribution >= 4 is 74.1 Å². The molecule has 0 fully saturated rings. The zero-order valence-electron chi connectivity index (χ0n) is 19.3. The molecule has 0 radical (unpaired) electrons. The van der Waals surface area contributed by atoms with Gasteiger partial charge in [0.1, 0.15) is 0 Å². The Kier molecular flexibility index (Phi) is 4.85. The summed E-state index contributed by atoms with van der Waals surface area (Å²) in [6.07, 6.45) is 9.44. The average molecular weight is 459 g/mol. The van der Waals surface area contributed by atoms with Crippen LogP contribution >= 0.6 is 22.7 Å². The first kappa shape index (κ1) is 20.3. The second-order valence-corrected chi connectivity index (χ2v) is 11.5. The lowest BCUT2D eigenvalue weighted by atomic mass is 10.1. The minimum absolute atomic E-state index is 0.546. The summed E-state index contributed by atoms with van der Waals surface area (Å²) in [6, 6.07) is 15.4. The first-order valence-corrected chi connectivity index (χ1v) is 13.6. The number of hydrogen-bond donors (Lipinski definition) is 0. The number of fused-ring (bicyclic) bond motifs is 7. The maximum atomic E-state index is 2.47. The van der Waals surface area contributed by atoms with E-state index < -0.39 is 0 Å². The standard InChI is InChI=1S/C28H30N2S2/c1-5-7-17(3)29-11-9-19-13-21-25(15-23(19)29)31-28-22-14-20-10-12-30(18(4)8-6-2)24(20)16-26(22)32-27(21)28/h9-18H,5-8H2,1-4H3. The highest BCUT2D eigenvalue weighted by atomic mass is 32.1. The largest absolute Gasteiger partial charge is 0.345 e. The molecule has 2 unspecified atom stereocenters. The minimum Gasteiger partial charge on any atom is -0.345 e. The number of aromatic nitrogens is 2. The first-order valence-electron chi connectivity index (χ1n) is 12.0. The molecule has 164 valence electrons. The van der Waals surface area contributed by atoms with Crippen molar-refractivity contribution in [1.29, 1.82) is 0 Å². The van der Waals surface area contributed by atoms with Crippen LogP contribution in [0.15, 0.2) is 48.8 Å². The van der Waals surface area contributed by atoms with Gasteiger partial charge in [-0.2, -0.15) is 0 Å². The van der Waals surface area contributed by atoms with Crippen molar-refractivity contribution in [2.75, 3.05) is 0 Å². The smallest absolute Gasteiger partial charge is 0.0542 e. The fourth-order valence-electron chi connectivity index (χ4n) is 5.44. The SMILES string of the molecule is CCCC(C)n1ccc2cc3c(cc21)sc1c2cc4ccn(C(C)CCC)c4cc2sc31. The summed E-state index contributed by atoms with van der Waals surface area (Å²) < 4.78 is 10.7. The molecule has 0 aliphatic carbocycles. The Hall–Kier alpha value is -2.30. The summed E-state index contributed by atoms with van der Waals surface area (Å²) in [7, 11) is 0. The Balaban J connectivity index is 1.55. The number of nitrogens with zero attached hydrogens (tertiary/aromatic N) is 2. The highest BCUT2D eigenvalue weighted by Crippen LogP contribution is 2.46. The van der Waals surface area contributed by atoms with Gasteiger partial charge in [0.15, 0.2) is 0 Å². The van der Waals surface area contributed by atoms with Crippen molar-refractivity contribution in [1.82, 2.24) is 9.13 Å². The van der Waals surface area contributed by atoms with Crippen molar-refractivity contribution in [3.63, 3.8) is 0 Å².